The van der Waals surface area contributed by atoms with Gasteiger partial charge in [0, 0.05) is 6.04 Å². The number of nitrogens with two attached hydrogens (primary N) is 1. The summed E-state index contributed by atoms with van der Waals surface area (Å²) >= 11 is 0. The second kappa shape index (κ2) is 7.64. The average molecular weight is 268 g/mol. The Labute approximate surface area is 121 Å². The second-order valence-corrected chi connectivity index (χ2v) is 7.48. The first-order valence-electron chi connectivity index (χ1n) is 8.38. The largest absolute Gasteiger partial charge is 0.330 e. The maximum atomic E-state index is 6.05. The zero-order chi connectivity index (χ0) is 14.5. The molecule has 1 fully saturated rings. The Kier molecular flexibility index (Phi) is 6.82. The average Bonchev–Trinajstić information content (AvgIpc) is 2.36. The van der Waals surface area contributed by atoms with Gasteiger partial charge in [0.25, 0.3) is 0 Å². The van der Waals surface area contributed by atoms with Gasteiger partial charge in [-0.1, -0.05) is 34.6 Å². The molecule has 0 aromatic rings. The molecular weight excluding hydrogens is 232 g/mol. The van der Waals surface area contributed by atoms with Crippen molar-refractivity contribution in [3.63, 3.8) is 0 Å². The van der Waals surface area contributed by atoms with Gasteiger partial charge in [0.1, 0.15) is 0 Å². The Balaban J connectivity index is 2.77. The highest BCUT2D eigenvalue weighted by atomic mass is 15.2. The summed E-state index contributed by atoms with van der Waals surface area (Å²) in [6.45, 7) is 15.2. The van der Waals surface area contributed by atoms with Crippen molar-refractivity contribution in [3.05, 3.63) is 0 Å². The summed E-state index contributed by atoms with van der Waals surface area (Å²) in [7, 11) is 0. The third-order valence-corrected chi connectivity index (χ3v) is 4.97. The molecule has 0 radical (unpaired) electrons. The van der Waals surface area contributed by atoms with Crippen LogP contribution < -0.4 is 5.73 Å². The normalized spacial score (nSPS) is 28.9. The molecule has 0 spiro atoms. The summed E-state index contributed by atoms with van der Waals surface area (Å²) in [4.78, 5) is 2.73. The molecule has 2 nitrogen and oxygen atoms in total. The van der Waals surface area contributed by atoms with E-state index in [-0.39, 0.29) is 0 Å². The Bertz CT molecular complexity index is 238. The molecule has 3 atom stereocenters. The van der Waals surface area contributed by atoms with E-state index in [1.807, 2.05) is 0 Å². The predicted octanol–water partition coefficient (Wildman–Crippen LogP) is 3.90. The van der Waals surface area contributed by atoms with Crippen LogP contribution in [-0.4, -0.2) is 30.6 Å². The van der Waals surface area contributed by atoms with Crippen LogP contribution in [0.3, 0.4) is 0 Å². The Morgan fingerprint density at radius 3 is 2.05 bits per heavy atom. The molecular formula is C17H36N2. The van der Waals surface area contributed by atoms with Gasteiger partial charge in [-0.3, -0.25) is 0 Å². The minimum Gasteiger partial charge on any atom is -0.330 e. The highest BCUT2D eigenvalue weighted by molar-refractivity contribution is 4.91. The summed E-state index contributed by atoms with van der Waals surface area (Å²) in [5.41, 5.74) is 6.50. The fraction of sp³-hybridized carbons (Fsp3) is 1.00. The fourth-order valence-electron chi connectivity index (χ4n) is 3.74. The van der Waals surface area contributed by atoms with Crippen LogP contribution in [-0.2, 0) is 0 Å². The second-order valence-electron chi connectivity index (χ2n) is 7.48. The van der Waals surface area contributed by atoms with Crippen LogP contribution >= 0.6 is 0 Å². The lowest BCUT2D eigenvalue weighted by Crippen LogP contribution is -2.49. The summed E-state index contributed by atoms with van der Waals surface area (Å²) in [5.74, 6) is 1.58. The third-order valence-electron chi connectivity index (χ3n) is 4.97. The molecule has 0 amide bonds. The van der Waals surface area contributed by atoms with Gasteiger partial charge in [-0.05, 0) is 69.0 Å². The van der Waals surface area contributed by atoms with Gasteiger partial charge in [0.05, 0.1) is 0 Å². The van der Waals surface area contributed by atoms with E-state index in [4.69, 9.17) is 5.73 Å². The minimum absolute atomic E-state index is 0.446. The molecule has 0 heterocycles. The van der Waals surface area contributed by atoms with Gasteiger partial charge < -0.3 is 10.6 Å². The van der Waals surface area contributed by atoms with E-state index in [0.717, 1.165) is 24.4 Å². The Morgan fingerprint density at radius 2 is 1.63 bits per heavy atom. The molecule has 0 aliphatic heterocycles. The predicted molar refractivity (Wildman–Crippen MR) is 85.3 cm³/mol. The zero-order valence-electron chi connectivity index (χ0n) is 13.9. The molecule has 0 bridgehead atoms. The number of hydrogen-bond donors (Lipinski definition) is 1. The van der Waals surface area contributed by atoms with Crippen LogP contribution in [0.15, 0.2) is 0 Å². The molecule has 1 rings (SSSR count). The van der Waals surface area contributed by atoms with Gasteiger partial charge >= 0.3 is 0 Å². The fourth-order valence-corrected chi connectivity index (χ4v) is 3.74. The SMILES string of the molecule is CCCN(CCC)C1CC(C(C)(C)C)CCC1CN. The van der Waals surface area contributed by atoms with Crippen LogP contribution in [0.1, 0.15) is 66.7 Å². The van der Waals surface area contributed by atoms with Crippen LogP contribution in [0.5, 0.6) is 0 Å². The van der Waals surface area contributed by atoms with E-state index in [0.29, 0.717) is 5.41 Å². The van der Waals surface area contributed by atoms with Crippen molar-refractivity contribution in [2.75, 3.05) is 19.6 Å². The Morgan fingerprint density at radius 1 is 1.05 bits per heavy atom. The molecule has 2 N–H and O–H groups in total. The lowest BCUT2D eigenvalue weighted by molar-refractivity contribution is 0.0449. The van der Waals surface area contributed by atoms with Gasteiger partial charge in [-0.15, -0.1) is 0 Å². The van der Waals surface area contributed by atoms with E-state index in [1.54, 1.807) is 0 Å². The molecule has 1 aliphatic rings. The van der Waals surface area contributed by atoms with Crippen LogP contribution in [0.25, 0.3) is 0 Å². The first kappa shape index (κ1) is 17.0. The molecule has 2 heteroatoms. The summed E-state index contributed by atoms with van der Waals surface area (Å²) < 4.78 is 0. The number of hydrogen-bond acceptors (Lipinski definition) is 2. The zero-order valence-corrected chi connectivity index (χ0v) is 13.9. The van der Waals surface area contributed by atoms with E-state index in [1.165, 1.54) is 45.2 Å². The third kappa shape index (κ3) is 4.75. The van der Waals surface area contributed by atoms with E-state index in [9.17, 15) is 0 Å². The lowest BCUT2D eigenvalue weighted by Gasteiger charge is -2.46. The molecule has 3 unspecified atom stereocenters. The molecule has 0 aromatic heterocycles. The quantitative estimate of drug-likeness (QED) is 0.791. The monoisotopic (exact) mass is 268 g/mol. The highest BCUT2D eigenvalue weighted by Crippen LogP contribution is 2.41. The number of rotatable bonds is 6. The topological polar surface area (TPSA) is 29.3 Å². The van der Waals surface area contributed by atoms with E-state index in [2.05, 4.69) is 39.5 Å². The first-order chi connectivity index (χ1) is 8.93. The first-order valence-corrected chi connectivity index (χ1v) is 8.38. The maximum absolute atomic E-state index is 6.05. The van der Waals surface area contributed by atoms with Gasteiger partial charge in [-0.25, -0.2) is 0 Å². The van der Waals surface area contributed by atoms with Crippen molar-refractivity contribution in [1.82, 2.24) is 4.90 Å². The van der Waals surface area contributed by atoms with E-state index < -0.39 is 0 Å². The molecule has 0 aromatic carbocycles. The smallest absolute Gasteiger partial charge is 0.0138 e. The Hall–Kier alpha value is -0.0800. The molecule has 1 saturated carbocycles. The minimum atomic E-state index is 0.446. The van der Waals surface area contributed by atoms with Crippen molar-refractivity contribution in [2.45, 2.75) is 72.8 Å². The molecule has 0 saturated heterocycles. The van der Waals surface area contributed by atoms with Crippen LogP contribution in [0.2, 0.25) is 0 Å². The number of nitrogens with zero attached hydrogens (tertiary/aromatic N) is 1. The van der Waals surface area contributed by atoms with Crippen molar-refractivity contribution < 1.29 is 0 Å². The molecule has 19 heavy (non-hydrogen) atoms. The summed E-state index contributed by atoms with van der Waals surface area (Å²) in [6, 6.07) is 0.725. The summed E-state index contributed by atoms with van der Waals surface area (Å²) in [5, 5.41) is 0. The maximum Gasteiger partial charge on any atom is 0.0138 e. The van der Waals surface area contributed by atoms with Gasteiger partial charge in [0.15, 0.2) is 0 Å². The van der Waals surface area contributed by atoms with Crippen molar-refractivity contribution in [1.29, 1.82) is 0 Å². The lowest BCUT2D eigenvalue weighted by atomic mass is 9.67. The summed E-state index contributed by atoms with van der Waals surface area (Å²) in [6.07, 6.45) is 6.56. The molecule has 114 valence electrons. The van der Waals surface area contributed by atoms with Gasteiger partial charge in [-0.2, -0.15) is 0 Å². The van der Waals surface area contributed by atoms with Gasteiger partial charge in [0.2, 0.25) is 0 Å². The van der Waals surface area contributed by atoms with Crippen LogP contribution in [0, 0.1) is 17.3 Å². The van der Waals surface area contributed by atoms with Crippen LogP contribution in [0.4, 0.5) is 0 Å². The van der Waals surface area contributed by atoms with Crippen molar-refractivity contribution in [2.24, 2.45) is 23.0 Å². The highest BCUT2D eigenvalue weighted by Gasteiger charge is 2.37. The molecule has 1 aliphatic carbocycles. The van der Waals surface area contributed by atoms with E-state index >= 15 is 0 Å². The van der Waals surface area contributed by atoms with Crippen molar-refractivity contribution in [3.8, 4) is 0 Å². The van der Waals surface area contributed by atoms with Crippen molar-refractivity contribution >= 4 is 0 Å². The standard InChI is InChI=1S/C17H36N2/c1-6-10-19(11-7-2)16-12-15(17(3,4)5)9-8-14(16)13-18/h14-16H,6-13,18H2,1-5H3.